The molecule has 12 heavy (non-hydrogen) atoms. The summed E-state index contributed by atoms with van der Waals surface area (Å²) in [5.41, 5.74) is 1.24. The van der Waals surface area contributed by atoms with Gasteiger partial charge >= 0.3 is 0 Å². The summed E-state index contributed by atoms with van der Waals surface area (Å²) in [6.45, 7) is 12.6. The van der Waals surface area contributed by atoms with Gasteiger partial charge in [-0.05, 0) is 25.2 Å². The van der Waals surface area contributed by atoms with Gasteiger partial charge in [0.05, 0.1) is 0 Å². The molecule has 1 heteroatoms. The zero-order valence-corrected chi connectivity index (χ0v) is 9.49. The number of hydrogen-bond acceptors (Lipinski definition) is 0. The van der Waals surface area contributed by atoms with E-state index in [9.17, 15) is 0 Å². The van der Waals surface area contributed by atoms with Crippen molar-refractivity contribution >= 4 is 11.6 Å². The molecule has 0 bridgehead atoms. The normalized spacial score (nSPS) is 16.2. The predicted octanol–water partition coefficient (Wildman–Crippen LogP) is 4.24. The van der Waals surface area contributed by atoms with E-state index in [1.54, 1.807) is 0 Å². The average molecular weight is 189 g/mol. The molecule has 0 saturated carbocycles. The quantitative estimate of drug-likeness (QED) is 0.447. The Hall–Kier alpha value is 0.0300. The predicted molar refractivity (Wildman–Crippen MR) is 57.7 cm³/mol. The van der Waals surface area contributed by atoms with Crippen LogP contribution in [-0.2, 0) is 0 Å². The Morgan fingerprint density at radius 1 is 1.42 bits per heavy atom. The van der Waals surface area contributed by atoms with Crippen LogP contribution in [0.15, 0.2) is 12.2 Å². The molecule has 0 fully saturated rings. The van der Waals surface area contributed by atoms with Crippen LogP contribution in [0.25, 0.3) is 0 Å². The summed E-state index contributed by atoms with van der Waals surface area (Å²) in [6, 6.07) is 0. The molecule has 0 nitrogen and oxygen atoms in total. The SMILES string of the molecule is C=C(C)CC(CC)C(Cl)C(C)C. The molecule has 0 N–H and O–H groups in total. The smallest absolute Gasteiger partial charge is 0.0390 e. The van der Waals surface area contributed by atoms with E-state index >= 15 is 0 Å². The molecule has 0 saturated heterocycles. The molecular weight excluding hydrogens is 168 g/mol. The van der Waals surface area contributed by atoms with Crippen LogP contribution in [0.1, 0.15) is 40.5 Å². The van der Waals surface area contributed by atoms with Gasteiger partial charge in [-0.25, -0.2) is 0 Å². The maximum Gasteiger partial charge on any atom is 0.0390 e. The van der Waals surface area contributed by atoms with Gasteiger partial charge in [0.2, 0.25) is 0 Å². The highest BCUT2D eigenvalue weighted by atomic mass is 35.5. The number of alkyl halides is 1. The van der Waals surface area contributed by atoms with E-state index in [1.165, 1.54) is 5.57 Å². The highest BCUT2D eigenvalue weighted by molar-refractivity contribution is 6.20. The summed E-state index contributed by atoms with van der Waals surface area (Å²) in [5.74, 6) is 1.17. The lowest BCUT2D eigenvalue weighted by Crippen LogP contribution is -2.20. The maximum atomic E-state index is 6.28. The Bertz CT molecular complexity index is 138. The standard InChI is InChI=1S/C11H21Cl/c1-6-10(7-8(2)3)11(12)9(4)5/h9-11H,2,6-7H2,1,3-5H3. The topological polar surface area (TPSA) is 0 Å². The second kappa shape index (κ2) is 5.64. The molecule has 2 atom stereocenters. The number of rotatable bonds is 5. The molecule has 72 valence electrons. The Balaban J connectivity index is 4.04. The Morgan fingerprint density at radius 2 is 1.92 bits per heavy atom. The van der Waals surface area contributed by atoms with Crippen LogP contribution in [0.2, 0.25) is 0 Å². The van der Waals surface area contributed by atoms with Gasteiger partial charge in [0.15, 0.2) is 0 Å². The monoisotopic (exact) mass is 188 g/mol. The van der Waals surface area contributed by atoms with Gasteiger partial charge in [-0.15, -0.1) is 18.2 Å². The molecule has 0 aromatic rings. The van der Waals surface area contributed by atoms with E-state index < -0.39 is 0 Å². The fraction of sp³-hybridized carbons (Fsp3) is 0.818. The van der Waals surface area contributed by atoms with Crippen molar-refractivity contribution in [3.05, 3.63) is 12.2 Å². The van der Waals surface area contributed by atoms with E-state index in [2.05, 4.69) is 34.3 Å². The summed E-state index contributed by atoms with van der Waals surface area (Å²) in [6.07, 6.45) is 2.22. The Morgan fingerprint density at radius 3 is 2.17 bits per heavy atom. The summed E-state index contributed by atoms with van der Waals surface area (Å²) in [5, 5.41) is 0.298. The zero-order valence-electron chi connectivity index (χ0n) is 8.73. The van der Waals surface area contributed by atoms with Crippen LogP contribution >= 0.6 is 11.6 Å². The summed E-state index contributed by atoms with van der Waals surface area (Å²) in [4.78, 5) is 0. The first-order valence-corrected chi connectivity index (χ1v) is 5.21. The molecule has 0 aliphatic heterocycles. The van der Waals surface area contributed by atoms with Crippen molar-refractivity contribution < 1.29 is 0 Å². The molecule has 0 heterocycles. The average Bonchev–Trinajstić information content (AvgIpc) is 1.98. The highest BCUT2D eigenvalue weighted by Gasteiger charge is 2.20. The summed E-state index contributed by atoms with van der Waals surface area (Å²) >= 11 is 6.28. The largest absolute Gasteiger partial charge is 0.122 e. The minimum Gasteiger partial charge on any atom is -0.122 e. The molecule has 0 spiro atoms. The lowest BCUT2D eigenvalue weighted by Gasteiger charge is -2.23. The maximum absolute atomic E-state index is 6.28. The van der Waals surface area contributed by atoms with Crippen molar-refractivity contribution in [3.63, 3.8) is 0 Å². The van der Waals surface area contributed by atoms with Crippen LogP contribution in [0, 0.1) is 11.8 Å². The second-order valence-corrected chi connectivity index (χ2v) is 4.52. The first-order valence-electron chi connectivity index (χ1n) is 4.77. The minimum atomic E-state index is 0.298. The van der Waals surface area contributed by atoms with Gasteiger partial charge in [-0.1, -0.05) is 32.8 Å². The fourth-order valence-electron chi connectivity index (χ4n) is 1.47. The lowest BCUT2D eigenvalue weighted by atomic mass is 9.89. The third-order valence-corrected chi connectivity index (χ3v) is 3.08. The molecule has 0 aliphatic carbocycles. The van der Waals surface area contributed by atoms with Crippen molar-refractivity contribution in [1.82, 2.24) is 0 Å². The fourth-order valence-corrected chi connectivity index (χ4v) is 1.74. The third-order valence-electron chi connectivity index (χ3n) is 2.22. The molecule has 0 aromatic heterocycles. The second-order valence-electron chi connectivity index (χ2n) is 4.02. The first kappa shape index (κ1) is 12.0. The molecule has 2 unspecified atom stereocenters. The van der Waals surface area contributed by atoms with E-state index in [1.807, 2.05) is 0 Å². The number of allylic oxidation sites excluding steroid dienone is 1. The molecule has 0 rings (SSSR count). The van der Waals surface area contributed by atoms with Crippen molar-refractivity contribution in [2.75, 3.05) is 0 Å². The van der Waals surface area contributed by atoms with Gasteiger partial charge in [0.25, 0.3) is 0 Å². The Labute approximate surface area is 82.0 Å². The lowest BCUT2D eigenvalue weighted by molar-refractivity contribution is 0.405. The van der Waals surface area contributed by atoms with Crippen molar-refractivity contribution in [3.8, 4) is 0 Å². The number of hydrogen-bond donors (Lipinski definition) is 0. The van der Waals surface area contributed by atoms with E-state index in [0.717, 1.165) is 12.8 Å². The first-order chi connectivity index (χ1) is 5.49. The van der Waals surface area contributed by atoms with Gasteiger partial charge < -0.3 is 0 Å². The van der Waals surface area contributed by atoms with E-state index in [4.69, 9.17) is 11.6 Å². The molecule has 0 aliphatic rings. The summed E-state index contributed by atoms with van der Waals surface area (Å²) < 4.78 is 0. The molecule has 0 radical (unpaired) electrons. The zero-order chi connectivity index (χ0) is 9.72. The molecular formula is C11H21Cl. The van der Waals surface area contributed by atoms with Gasteiger partial charge in [0.1, 0.15) is 0 Å². The van der Waals surface area contributed by atoms with E-state index in [0.29, 0.717) is 17.2 Å². The van der Waals surface area contributed by atoms with Gasteiger partial charge in [-0.3, -0.25) is 0 Å². The van der Waals surface area contributed by atoms with Crippen LogP contribution in [0.3, 0.4) is 0 Å². The Kier molecular flexibility index (Phi) is 5.65. The third kappa shape index (κ3) is 4.15. The summed E-state index contributed by atoms with van der Waals surface area (Å²) in [7, 11) is 0. The van der Waals surface area contributed by atoms with Crippen molar-refractivity contribution in [2.24, 2.45) is 11.8 Å². The molecule has 0 aromatic carbocycles. The minimum absolute atomic E-state index is 0.298. The van der Waals surface area contributed by atoms with Crippen molar-refractivity contribution in [2.45, 2.75) is 45.9 Å². The van der Waals surface area contributed by atoms with Crippen LogP contribution < -0.4 is 0 Å². The molecule has 0 amide bonds. The number of halogens is 1. The van der Waals surface area contributed by atoms with Gasteiger partial charge in [0, 0.05) is 5.38 Å². The van der Waals surface area contributed by atoms with Crippen LogP contribution in [-0.4, -0.2) is 5.38 Å². The van der Waals surface area contributed by atoms with Crippen LogP contribution in [0.5, 0.6) is 0 Å². The van der Waals surface area contributed by atoms with E-state index in [-0.39, 0.29) is 0 Å². The highest BCUT2D eigenvalue weighted by Crippen LogP contribution is 2.27. The van der Waals surface area contributed by atoms with Gasteiger partial charge in [-0.2, -0.15) is 0 Å². The van der Waals surface area contributed by atoms with Crippen LogP contribution in [0.4, 0.5) is 0 Å². The van der Waals surface area contributed by atoms with Crippen molar-refractivity contribution in [1.29, 1.82) is 0 Å².